The Labute approximate surface area is 162 Å². The third-order valence-electron chi connectivity index (χ3n) is 3.38. The molecule has 0 aromatic heterocycles. The van der Waals surface area contributed by atoms with Gasteiger partial charge in [-0.05, 0) is 37.4 Å². The van der Waals surface area contributed by atoms with Crippen molar-refractivity contribution in [3.8, 4) is 5.75 Å². The molecule has 2 aromatic rings. The van der Waals surface area contributed by atoms with Gasteiger partial charge in [0.15, 0.2) is 0 Å². The van der Waals surface area contributed by atoms with Crippen molar-refractivity contribution < 1.29 is 14.3 Å². The zero-order valence-electron chi connectivity index (χ0n) is 14.4. The molecule has 0 bridgehead atoms. The Bertz CT molecular complexity index is 799. The number of carbonyl (C=O) groups is 2. The van der Waals surface area contributed by atoms with Gasteiger partial charge in [-0.2, -0.15) is 0 Å². The molecule has 0 aliphatic rings. The maximum atomic E-state index is 12.1. The van der Waals surface area contributed by atoms with Crippen LogP contribution in [0.4, 0.5) is 11.4 Å². The molecule has 0 aliphatic heterocycles. The summed E-state index contributed by atoms with van der Waals surface area (Å²) in [7, 11) is 3.23. The summed E-state index contributed by atoms with van der Waals surface area (Å²) in [6.45, 7) is 0.0717. The predicted octanol–water partition coefficient (Wildman–Crippen LogP) is 3.51. The van der Waals surface area contributed by atoms with Gasteiger partial charge in [-0.25, -0.2) is 0 Å². The van der Waals surface area contributed by atoms with Gasteiger partial charge in [0.1, 0.15) is 5.75 Å². The van der Waals surface area contributed by atoms with Crippen LogP contribution in [-0.2, 0) is 9.59 Å². The van der Waals surface area contributed by atoms with E-state index in [4.69, 9.17) is 27.9 Å². The van der Waals surface area contributed by atoms with Crippen molar-refractivity contribution in [1.29, 1.82) is 0 Å². The first kappa shape index (κ1) is 20.0. The van der Waals surface area contributed by atoms with Gasteiger partial charge in [0, 0.05) is 16.8 Å². The normalized spacial score (nSPS) is 10.5. The lowest BCUT2D eigenvalue weighted by Crippen LogP contribution is -2.36. The molecule has 6 nitrogen and oxygen atoms in total. The Morgan fingerprint density at radius 2 is 1.73 bits per heavy atom. The molecule has 0 unspecified atom stereocenters. The predicted molar refractivity (Wildman–Crippen MR) is 104 cm³/mol. The molecule has 2 amide bonds. The topological polar surface area (TPSA) is 70.7 Å². The number of hydrogen-bond acceptors (Lipinski definition) is 4. The molecule has 26 heavy (non-hydrogen) atoms. The second-order valence-corrected chi connectivity index (χ2v) is 6.47. The average Bonchev–Trinajstić information content (AvgIpc) is 2.57. The van der Waals surface area contributed by atoms with Crippen LogP contribution in [0.15, 0.2) is 42.5 Å². The quantitative estimate of drug-likeness (QED) is 0.752. The number of methoxy groups -OCH3 is 1. The Morgan fingerprint density at radius 1 is 1.04 bits per heavy atom. The van der Waals surface area contributed by atoms with Crippen LogP contribution in [0, 0.1) is 0 Å². The molecule has 0 aliphatic carbocycles. The Morgan fingerprint density at radius 3 is 2.42 bits per heavy atom. The lowest BCUT2D eigenvalue weighted by Gasteiger charge is -2.16. The molecule has 0 saturated carbocycles. The fourth-order valence-corrected chi connectivity index (χ4v) is 2.57. The van der Waals surface area contributed by atoms with Crippen LogP contribution in [0.1, 0.15) is 0 Å². The highest BCUT2D eigenvalue weighted by Crippen LogP contribution is 2.25. The van der Waals surface area contributed by atoms with E-state index < -0.39 is 0 Å². The molecule has 0 atom stereocenters. The number of nitrogens with zero attached hydrogens (tertiary/aromatic N) is 1. The first-order valence-electron chi connectivity index (χ1n) is 7.74. The Kier molecular flexibility index (Phi) is 7.26. The van der Waals surface area contributed by atoms with Crippen molar-refractivity contribution in [1.82, 2.24) is 4.90 Å². The van der Waals surface area contributed by atoms with Crippen molar-refractivity contribution in [2.45, 2.75) is 0 Å². The Balaban J connectivity index is 1.85. The van der Waals surface area contributed by atoms with Crippen molar-refractivity contribution in [3.63, 3.8) is 0 Å². The number of nitrogens with one attached hydrogen (secondary N) is 2. The number of amides is 2. The van der Waals surface area contributed by atoms with Gasteiger partial charge in [-0.1, -0.05) is 29.3 Å². The van der Waals surface area contributed by atoms with E-state index in [-0.39, 0.29) is 24.9 Å². The molecule has 2 N–H and O–H groups in total. The highest BCUT2D eigenvalue weighted by Gasteiger charge is 2.13. The summed E-state index contributed by atoms with van der Waals surface area (Å²) in [6, 6.07) is 11.8. The number of anilines is 2. The summed E-state index contributed by atoms with van der Waals surface area (Å²) in [4.78, 5) is 25.8. The summed E-state index contributed by atoms with van der Waals surface area (Å²) in [6.07, 6.45) is 0. The molecule has 0 radical (unpaired) electrons. The highest BCUT2D eigenvalue weighted by atomic mass is 35.5. The smallest absolute Gasteiger partial charge is 0.238 e. The average molecular weight is 396 g/mol. The van der Waals surface area contributed by atoms with Crippen LogP contribution < -0.4 is 15.4 Å². The fraction of sp³-hybridized carbons (Fsp3) is 0.222. The molecule has 0 heterocycles. The minimum Gasteiger partial charge on any atom is -0.497 e. The first-order valence-corrected chi connectivity index (χ1v) is 8.50. The molecule has 0 spiro atoms. The minimum absolute atomic E-state index is 0.0222. The van der Waals surface area contributed by atoms with E-state index in [2.05, 4.69) is 10.6 Å². The molecule has 2 aromatic carbocycles. The zero-order valence-corrected chi connectivity index (χ0v) is 15.9. The largest absolute Gasteiger partial charge is 0.497 e. The summed E-state index contributed by atoms with van der Waals surface area (Å²) in [5, 5.41) is 6.29. The third kappa shape index (κ3) is 6.22. The second kappa shape index (κ2) is 9.43. The lowest BCUT2D eigenvalue weighted by atomic mass is 10.3. The molecular weight excluding hydrogens is 377 g/mol. The summed E-state index contributed by atoms with van der Waals surface area (Å²) in [5.41, 5.74) is 1.05. The number of likely N-dealkylation sites (N-methyl/N-ethyl adjacent to an activating group) is 1. The van der Waals surface area contributed by atoms with Gasteiger partial charge < -0.3 is 15.4 Å². The molecule has 138 valence electrons. The molecule has 2 rings (SSSR count). The Hall–Kier alpha value is -2.28. The van der Waals surface area contributed by atoms with Crippen molar-refractivity contribution in [2.24, 2.45) is 0 Å². The molecule has 8 heteroatoms. The van der Waals surface area contributed by atoms with E-state index >= 15 is 0 Å². The number of halogens is 2. The number of carbonyl (C=O) groups excluding carboxylic acids is 2. The fourth-order valence-electron chi connectivity index (χ4n) is 2.23. The van der Waals surface area contributed by atoms with Crippen LogP contribution in [0.2, 0.25) is 10.0 Å². The van der Waals surface area contributed by atoms with E-state index in [9.17, 15) is 9.59 Å². The van der Waals surface area contributed by atoms with E-state index in [1.54, 1.807) is 61.5 Å². The van der Waals surface area contributed by atoms with Gasteiger partial charge in [0.25, 0.3) is 0 Å². The van der Waals surface area contributed by atoms with Gasteiger partial charge in [0.05, 0.1) is 30.9 Å². The van der Waals surface area contributed by atoms with Crippen LogP contribution in [0.25, 0.3) is 0 Å². The number of rotatable bonds is 7. The van der Waals surface area contributed by atoms with E-state index in [0.717, 1.165) is 0 Å². The third-order valence-corrected chi connectivity index (χ3v) is 3.95. The molecule has 0 fully saturated rings. The van der Waals surface area contributed by atoms with Crippen molar-refractivity contribution in [3.05, 3.63) is 52.5 Å². The standard InChI is InChI=1S/C18H19Cl2N3O3/c1-23(10-17(24)21-13-4-3-5-14(9-13)26-2)11-18(25)22-16-8-12(19)6-7-15(16)20/h3-9H,10-11H2,1-2H3,(H,21,24)(H,22,25). The maximum Gasteiger partial charge on any atom is 0.238 e. The van der Waals surface area contributed by atoms with Crippen LogP contribution >= 0.6 is 23.2 Å². The zero-order chi connectivity index (χ0) is 19.1. The van der Waals surface area contributed by atoms with Gasteiger partial charge >= 0.3 is 0 Å². The maximum absolute atomic E-state index is 12.1. The van der Waals surface area contributed by atoms with Gasteiger partial charge in [-0.3, -0.25) is 14.5 Å². The van der Waals surface area contributed by atoms with Crippen LogP contribution in [0.5, 0.6) is 5.75 Å². The SMILES string of the molecule is COc1cccc(NC(=O)CN(C)CC(=O)Nc2cc(Cl)ccc2Cl)c1. The summed E-state index contributed by atoms with van der Waals surface area (Å²) in [5.74, 6) is 0.106. The van der Waals surface area contributed by atoms with Crippen LogP contribution in [-0.4, -0.2) is 44.0 Å². The van der Waals surface area contributed by atoms with E-state index in [0.29, 0.717) is 27.2 Å². The summed E-state index contributed by atoms with van der Waals surface area (Å²) < 4.78 is 5.11. The van der Waals surface area contributed by atoms with Crippen molar-refractivity contribution in [2.75, 3.05) is 37.9 Å². The van der Waals surface area contributed by atoms with Gasteiger partial charge in [0.2, 0.25) is 11.8 Å². The van der Waals surface area contributed by atoms with Crippen LogP contribution in [0.3, 0.4) is 0 Å². The second-order valence-electron chi connectivity index (χ2n) is 5.62. The van der Waals surface area contributed by atoms with E-state index in [1.807, 2.05) is 0 Å². The number of benzene rings is 2. The first-order chi connectivity index (χ1) is 12.4. The number of ether oxygens (including phenoxy) is 1. The van der Waals surface area contributed by atoms with Gasteiger partial charge in [-0.15, -0.1) is 0 Å². The monoisotopic (exact) mass is 395 g/mol. The number of hydrogen-bond donors (Lipinski definition) is 2. The highest BCUT2D eigenvalue weighted by molar-refractivity contribution is 6.35. The van der Waals surface area contributed by atoms with Crippen molar-refractivity contribution >= 4 is 46.4 Å². The summed E-state index contributed by atoms with van der Waals surface area (Å²) >= 11 is 11.9. The molecule has 0 saturated heterocycles. The van der Waals surface area contributed by atoms with E-state index in [1.165, 1.54) is 0 Å². The molecular formula is C18H19Cl2N3O3. The minimum atomic E-state index is -0.300. The lowest BCUT2D eigenvalue weighted by molar-refractivity contribution is -0.119.